The molecule has 2 amide bonds. The second kappa shape index (κ2) is 7.33. The lowest BCUT2D eigenvalue weighted by molar-refractivity contribution is -0.143. The maximum Gasteiger partial charge on any atom is 0.317 e. The highest BCUT2D eigenvalue weighted by atomic mass is 16.5. The number of hydrogen-bond acceptors (Lipinski definition) is 3. The monoisotopic (exact) mass is 346 g/mol. The topological polar surface area (TPSA) is 78.9 Å². The summed E-state index contributed by atoms with van der Waals surface area (Å²) in [5.74, 6) is -0.264. The molecule has 1 aromatic rings. The Balaban J connectivity index is 1.70. The number of hydrogen-bond donors (Lipinski definition) is 2. The number of benzene rings is 1. The number of urea groups is 1. The summed E-state index contributed by atoms with van der Waals surface area (Å²) >= 11 is 0. The fraction of sp³-hybridized carbons (Fsp3) is 0.579. The summed E-state index contributed by atoms with van der Waals surface area (Å²) in [7, 11) is 1.65. The highest BCUT2D eigenvalue weighted by Gasteiger charge is 2.33. The summed E-state index contributed by atoms with van der Waals surface area (Å²) in [6.45, 7) is 2.89. The zero-order chi connectivity index (χ0) is 18.0. The summed E-state index contributed by atoms with van der Waals surface area (Å²) in [6, 6.07) is 5.80. The van der Waals surface area contributed by atoms with E-state index in [1.165, 1.54) is 5.56 Å². The standard InChI is InChI=1S/C19H26N2O4/c1-12-8-14(18(22)23)11-21(10-12)19(24)20-17-5-3-4-13-9-15(25-2)6-7-16(13)17/h6-7,9,12,14,17H,3-5,8,10-11H2,1-2H3,(H,20,24)(H,22,23). The largest absolute Gasteiger partial charge is 0.497 e. The Kier molecular flexibility index (Phi) is 5.16. The van der Waals surface area contributed by atoms with Gasteiger partial charge in [-0.05, 0) is 54.9 Å². The lowest BCUT2D eigenvalue weighted by Crippen LogP contribution is -2.50. The van der Waals surface area contributed by atoms with Gasteiger partial charge in [-0.2, -0.15) is 0 Å². The van der Waals surface area contributed by atoms with Crippen molar-refractivity contribution in [2.75, 3.05) is 20.2 Å². The number of fused-ring (bicyclic) bond motifs is 1. The fourth-order valence-electron chi connectivity index (χ4n) is 4.00. The van der Waals surface area contributed by atoms with Crippen LogP contribution in [0.3, 0.4) is 0 Å². The van der Waals surface area contributed by atoms with E-state index in [-0.39, 0.29) is 24.5 Å². The number of piperidine rings is 1. The minimum atomic E-state index is -0.820. The van der Waals surface area contributed by atoms with E-state index >= 15 is 0 Å². The van der Waals surface area contributed by atoms with Crippen molar-refractivity contribution in [2.45, 2.75) is 38.6 Å². The van der Waals surface area contributed by atoms with Gasteiger partial charge in [-0.25, -0.2) is 4.79 Å². The maximum atomic E-state index is 12.7. The first-order valence-corrected chi connectivity index (χ1v) is 8.93. The Morgan fingerprint density at radius 3 is 2.84 bits per heavy atom. The molecule has 0 aromatic heterocycles. The van der Waals surface area contributed by atoms with Crippen LogP contribution in [0, 0.1) is 11.8 Å². The Morgan fingerprint density at radius 1 is 1.32 bits per heavy atom. The first-order chi connectivity index (χ1) is 12.0. The van der Waals surface area contributed by atoms with Crippen molar-refractivity contribution in [1.82, 2.24) is 10.2 Å². The molecule has 0 saturated carbocycles. The van der Waals surface area contributed by atoms with Crippen LogP contribution in [-0.2, 0) is 11.2 Å². The molecule has 1 aliphatic heterocycles. The molecule has 25 heavy (non-hydrogen) atoms. The molecule has 1 saturated heterocycles. The van der Waals surface area contributed by atoms with E-state index in [4.69, 9.17) is 4.74 Å². The number of carbonyl (C=O) groups excluding carboxylic acids is 1. The highest BCUT2D eigenvalue weighted by molar-refractivity contribution is 5.77. The number of carboxylic acids is 1. The molecule has 3 atom stereocenters. The predicted molar refractivity (Wildman–Crippen MR) is 93.7 cm³/mol. The van der Waals surface area contributed by atoms with Crippen LogP contribution in [0.4, 0.5) is 4.79 Å². The average Bonchev–Trinajstić information content (AvgIpc) is 2.60. The molecule has 6 nitrogen and oxygen atoms in total. The number of nitrogens with one attached hydrogen (secondary N) is 1. The molecule has 0 radical (unpaired) electrons. The highest BCUT2D eigenvalue weighted by Crippen LogP contribution is 2.32. The van der Waals surface area contributed by atoms with Crippen LogP contribution in [0.15, 0.2) is 18.2 Å². The van der Waals surface area contributed by atoms with Gasteiger partial charge in [-0.3, -0.25) is 4.79 Å². The van der Waals surface area contributed by atoms with Gasteiger partial charge >= 0.3 is 12.0 Å². The minimum absolute atomic E-state index is 0.0253. The van der Waals surface area contributed by atoms with Gasteiger partial charge < -0.3 is 20.1 Å². The number of rotatable bonds is 3. The van der Waals surface area contributed by atoms with Crippen molar-refractivity contribution < 1.29 is 19.4 Å². The molecular weight excluding hydrogens is 320 g/mol. The van der Waals surface area contributed by atoms with Crippen LogP contribution in [0.2, 0.25) is 0 Å². The zero-order valence-corrected chi connectivity index (χ0v) is 14.8. The van der Waals surface area contributed by atoms with Crippen LogP contribution in [-0.4, -0.2) is 42.2 Å². The molecule has 1 heterocycles. The van der Waals surface area contributed by atoms with E-state index in [2.05, 4.69) is 5.32 Å². The van der Waals surface area contributed by atoms with Crippen LogP contribution in [0.25, 0.3) is 0 Å². The molecule has 1 aromatic carbocycles. The van der Waals surface area contributed by atoms with Gasteiger partial charge in [0.05, 0.1) is 19.1 Å². The van der Waals surface area contributed by atoms with Crippen molar-refractivity contribution in [3.8, 4) is 5.75 Å². The number of carboxylic acid groups (broad SMARTS) is 1. The lowest BCUT2D eigenvalue weighted by Gasteiger charge is -2.36. The number of aryl methyl sites for hydroxylation is 1. The number of amides is 2. The SMILES string of the molecule is COc1ccc2c(c1)CCCC2NC(=O)N1CC(C)CC(C(=O)O)C1. The van der Waals surface area contributed by atoms with Gasteiger partial charge in [0.2, 0.25) is 0 Å². The molecule has 6 heteroatoms. The second-order valence-corrected chi connectivity index (χ2v) is 7.24. The van der Waals surface area contributed by atoms with Crippen LogP contribution < -0.4 is 10.1 Å². The third-order valence-corrected chi connectivity index (χ3v) is 5.26. The van der Waals surface area contributed by atoms with Crippen molar-refractivity contribution in [3.63, 3.8) is 0 Å². The number of methoxy groups -OCH3 is 1. The average molecular weight is 346 g/mol. The summed E-state index contributed by atoms with van der Waals surface area (Å²) in [4.78, 5) is 25.7. The number of likely N-dealkylation sites (tertiary alicyclic amines) is 1. The van der Waals surface area contributed by atoms with E-state index in [1.807, 2.05) is 25.1 Å². The smallest absolute Gasteiger partial charge is 0.317 e. The fourth-order valence-corrected chi connectivity index (χ4v) is 4.00. The molecule has 2 N–H and O–H groups in total. The quantitative estimate of drug-likeness (QED) is 0.882. The Bertz CT molecular complexity index is 661. The van der Waals surface area contributed by atoms with Gasteiger partial charge in [-0.15, -0.1) is 0 Å². The molecule has 1 fully saturated rings. The van der Waals surface area contributed by atoms with Gasteiger partial charge in [-0.1, -0.05) is 13.0 Å². The Labute approximate surface area is 148 Å². The first kappa shape index (κ1) is 17.6. The van der Waals surface area contributed by atoms with Crippen molar-refractivity contribution in [2.24, 2.45) is 11.8 Å². The van der Waals surface area contributed by atoms with E-state index in [0.717, 1.165) is 30.6 Å². The maximum absolute atomic E-state index is 12.7. The minimum Gasteiger partial charge on any atom is -0.497 e. The molecule has 0 bridgehead atoms. The van der Waals surface area contributed by atoms with Crippen molar-refractivity contribution in [3.05, 3.63) is 29.3 Å². The van der Waals surface area contributed by atoms with Crippen LogP contribution in [0.1, 0.15) is 43.4 Å². The Hall–Kier alpha value is -2.24. The molecule has 2 aliphatic rings. The third kappa shape index (κ3) is 3.89. The van der Waals surface area contributed by atoms with Gasteiger partial charge in [0.1, 0.15) is 5.75 Å². The van der Waals surface area contributed by atoms with E-state index < -0.39 is 11.9 Å². The number of nitrogens with zero attached hydrogens (tertiary/aromatic N) is 1. The second-order valence-electron chi connectivity index (χ2n) is 7.24. The van der Waals surface area contributed by atoms with E-state index in [0.29, 0.717) is 13.0 Å². The zero-order valence-electron chi connectivity index (χ0n) is 14.8. The van der Waals surface area contributed by atoms with Gasteiger partial charge in [0, 0.05) is 13.1 Å². The molecule has 136 valence electrons. The number of aliphatic carboxylic acids is 1. The molecule has 0 spiro atoms. The van der Waals surface area contributed by atoms with E-state index in [1.54, 1.807) is 12.0 Å². The summed E-state index contributed by atoms with van der Waals surface area (Å²) in [6.07, 6.45) is 3.53. The number of ether oxygens (including phenoxy) is 1. The normalized spacial score (nSPS) is 25.8. The van der Waals surface area contributed by atoms with Gasteiger partial charge in [0.15, 0.2) is 0 Å². The van der Waals surface area contributed by atoms with Crippen molar-refractivity contribution >= 4 is 12.0 Å². The van der Waals surface area contributed by atoms with Crippen molar-refractivity contribution in [1.29, 1.82) is 0 Å². The van der Waals surface area contributed by atoms with E-state index in [9.17, 15) is 14.7 Å². The lowest BCUT2D eigenvalue weighted by atomic mass is 9.87. The Morgan fingerprint density at radius 2 is 2.12 bits per heavy atom. The number of carbonyl (C=O) groups is 2. The molecule has 3 unspecified atom stereocenters. The summed E-state index contributed by atoms with van der Waals surface area (Å²) in [5.41, 5.74) is 2.35. The van der Waals surface area contributed by atoms with Crippen LogP contribution in [0.5, 0.6) is 5.75 Å². The predicted octanol–water partition coefficient (Wildman–Crippen LogP) is 2.82. The molecule has 3 rings (SSSR count). The van der Waals surface area contributed by atoms with Gasteiger partial charge in [0.25, 0.3) is 0 Å². The summed E-state index contributed by atoms with van der Waals surface area (Å²) in [5, 5.41) is 12.4. The molecular formula is C19H26N2O4. The third-order valence-electron chi connectivity index (χ3n) is 5.26. The molecule has 1 aliphatic carbocycles. The van der Waals surface area contributed by atoms with Crippen LogP contribution >= 0.6 is 0 Å². The first-order valence-electron chi connectivity index (χ1n) is 8.93. The summed E-state index contributed by atoms with van der Waals surface area (Å²) < 4.78 is 5.29.